The molecule has 1 amide bonds. The number of hydrogen-bond donors (Lipinski definition) is 0. The third-order valence-electron chi connectivity index (χ3n) is 3.78. The van der Waals surface area contributed by atoms with Crippen molar-refractivity contribution >= 4 is 11.9 Å². The Bertz CT molecular complexity index is 278. The van der Waals surface area contributed by atoms with E-state index in [0.717, 1.165) is 45.2 Å². The van der Waals surface area contributed by atoms with Gasteiger partial charge in [-0.1, -0.05) is 0 Å². The first-order valence-electron chi connectivity index (χ1n) is 6.09. The molecule has 1 aliphatic carbocycles. The lowest BCUT2D eigenvalue weighted by atomic mass is 9.81. The highest BCUT2D eigenvalue weighted by Crippen LogP contribution is 2.31. The summed E-state index contributed by atoms with van der Waals surface area (Å²) in [6.07, 6.45) is 4.43. The molecule has 1 saturated carbocycles. The molecule has 0 aromatic heterocycles. The van der Waals surface area contributed by atoms with Crippen LogP contribution in [0, 0.1) is 11.8 Å². The number of rotatable bonds is 2. The second kappa shape index (κ2) is 4.85. The number of carbonyl (C=O) groups excluding carboxylic acids is 2. The summed E-state index contributed by atoms with van der Waals surface area (Å²) in [6.45, 7) is 1.85. The maximum Gasteiger partial charge on any atom is 0.308 e. The van der Waals surface area contributed by atoms with Crippen LogP contribution in [0.25, 0.3) is 0 Å². The summed E-state index contributed by atoms with van der Waals surface area (Å²) < 4.78 is 4.73. The van der Waals surface area contributed by atoms with Crippen LogP contribution in [0.3, 0.4) is 0 Å². The van der Waals surface area contributed by atoms with Gasteiger partial charge in [0.05, 0.1) is 13.0 Å². The Kier molecular flexibility index (Phi) is 3.46. The minimum atomic E-state index is -0.116. The molecule has 1 heterocycles. The van der Waals surface area contributed by atoms with Crippen molar-refractivity contribution in [2.45, 2.75) is 32.1 Å². The first-order chi connectivity index (χ1) is 7.72. The van der Waals surface area contributed by atoms with Gasteiger partial charge in [-0.3, -0.25) is 9.59 Å². The molecule has 2 fully saturated rings. The Morgan fingerprint density at radius 3 is 2.06 bits per heavy atom. The van der Waals surface area contributed by atoms with Gasteiger partial charge in [-0.2, -0.15) is 0 Å². The van der Waals surface area contributed by atoms with Gasteiger partial charge in [-0.15, -0.1) is 0 Å². The Hall–Kier alpha value is -1.06. The fourth-order valence-corrected chi connectivity index (χ4v) is 2.54. The molecule has 0 radical (unpaired) electrons. The zero-order chi connectivity index (χ0) is 11.5. The van der Waals surface area contributed by atoms with Gasteiger partial charge in [-0.05, 0) is 32.1 Å². The SMILES string of the molecule is COC(=O)[C@H]1CC[C@H](C(=O)N2CCC2)CC1. The van der Waals surface area contributed by atoms with Crippen molar-refractivity contribution in [3.05, 3.63) is 0 Å². The van der Waals surface area contributed by atoms with Gasteiger partial charge < -0.3 is 9.64 Å². The van der Waals surface area contributed by atoms with Crippen molar-refractivity contribution in [3.8, 4) is 0 Å². The van der Waals surface area contributed by atoms with E-state index in [-0.39, 0.29) is 17.8 Å². The number of nitrogens with zero attached hydrogens (tertiary/aromatic N) is 1. The summed E-state index contributed by atoms with van der Waals surface area (Å²) in [5.74, 6) is 0.357. The minimum Gasteiger partial charge on any atom is -0.469 e. The van der Waals surface area contributed by atoms with E-state index in [1.807, 2.05) is 4.90 Å². The molecule has 2 aliphatic rings. The third-order valence-corrected chi connectivity index (χ3v) is 3.78. The van der Waals surface area contributed by atoms with E-state index in [0.29, 0.717) is 5.91 Å². The van der Waals surface area contributed by atoms with Crippen LogP contribution in [0.4, 0.5) is 0 Å². The van der Waals surface area contributed by atoms with Crippen molar-refractivity contribution in [2.24, 2.45) is 11.8 Å². The summed E-state index contributed by atoms with van der Waals surface area (Å²) in [6, 6.07) is 0. The van der Waals surface area contributed by atoms with Gasteiger partial charge in [0.2, 0.25) is 5.91 Å². The molecule has 0 aromatic carbocycles. The Balaban J connectivity index is 1.80. The molecule has 1 aliphatic heterocycles. The van der Waals surface area contributed by atoms with Crippen molar-refractivity contribution in [2.75, 3.05) is 20.2 Å². The van der Waals surface area contributed by atoms with Crippen molar-refractivity contribution < 1.29 is 14.3 Å². The van der Waals surface area contributed by atoms with E-state index in [4.69, 9.17) is 4.74 Å². The molecule has 1 saturated heterocycles. The van der Waals surface area contributed by atoms with Gasteiger partial charge in [0, 0.05) is 19.0 Å². The first-order valence-corrected chi connectivity index (χ1v) is 6.09. The maximum atomic E-state index is 11.9. The highest BCUT2D eigenvalue weighted by atomic mass is 16.5. The number of amides is 1. The molecule has 2 rings (SSSR count). The molecule has 0 N–H and O–H groups in total. The van der Waals surface area contributed by atoms with Gasteiger partial charge in [0.1, 0.15) is 0 Å². The topological polar surface area (TPSA) is 46.6 Å². The van der Waals surface area contributed by atoms with Crippen LogP contribution < -0.4 is 0 Å². The lowest BCUT2D eigenvalue weighted by Gasteiger charge is -2.36. The molecular weight excluding hydrogens is 206 g/mol. The van der Waals surface area contributed by atoms with Crippen molar-refractivity contribution in [1.29, 1.82) is 0 Å². The molecule has 0 aromatic rings. The van der Waals surface area contributed by atoms with E-state index < -0.39 is 0 Å². The van der Waals surface area contributed by atoms with Crippen molar-refractivity contribution in [1.82, 2.24) is 4.90 Å². The quantitative estimate of drug-likeness (QED) is 0.663. The molecule has 4 heteroatoms. The monoisotopic (exact) mass is 225 g/mol. The Labute approximate surface area is 95.9 Å². The summed E-state index contributed by atoms with van der Waals surface area (Å²) >= 11 is 0. The van der Waals surface area contributed by atoms with Crippen LogP contribution in [0.2, 0.25) is 0 Å². The fourth-order valence-electron chi connectivity index (χ4n) is 2.54. The molecule has 4 nitrogen and oxygen atoms in total. The van der Waals surface area contributed by atoms with E-state index in [1.165, 1.54) is 7.11 Å². The van der Waals surface area contributed by atoms with Gasteiger partial charge in [0.25, 0.3) is 0 Å². The predicted molar refractivity (Wildman–Crippen MR) is 58.7 cm³/mol. The lowest BCUT2D eigenvalue weighted by Crippen LogP contribution is -2.46. The molecule has 0 bridgehead atoms. The van der Waals surface area contributed by atoms with Crippen LogP contribution >= 0.6 is 0 Å². The van der Waals surface area contributed by atoms with E-state index >= 15 is 0 Å². The normalized spacial score (nSPS) is 29.4. The zero-order valence-electron chi connectivity index (χ0n) is 9.78. The van der Waals surface area contributed by atoms with Crippen LogP contribution in [0.15, 0.2) is 0 Å². The second-order valence-corrected chi connectivity index (χ2v) is 4.75. The summed E-state index contributed by atoms with van der Waals surface area (Å²) in [7, 11) is 1.43. The second-order valence-electron chi connectivity index (χ2n) is 4.75. The smallest absolute Gasteiger partial charge is 0.308 e. The standard InChI is InChI=1S/C12H19NO3/c1-16-12(15)10-5-3-9(4-6-10)11(14)13-7-2-8-13/h9-10H,2-8H2,1H3/t9-,10-. The molecule has 0 unspecified atom stereocenters. The van der Waals surface area contributed by atoms with E-state index in [9.17, 15) is 9.59 Å². The van der Waals surface area contributed by atoms with Crippen LogP contribution in [0.5, 0.6) is 0 Å². The molecule has 0 atom stereocenters. The molecular formula is C12H19NO3. The number of ether oxygens (including phenoxy) is 1. The van der Waals surface area contributed by atoms with E-state index in [1.54, 1.807) is 0 Å². The summed E-state index contributed by atoms with van der Waals surface area (Å²) in [5, 5.41) is 0. The predicted octanol–water partition coefficient (Wildman–Crippen LogP) is 1.20. The average molecular weight is 225 g/mol. The average Bonchev–Trinajstić information content (AvgIpc) is 2.26. The van der Waals surface area contributed by atoms with E-state index in [2.05, 4.69) is 0 Å². The first kappa shape index (κ1) is 11.4. The fraction of sp³-hybridized carbons (Fsp3) is 0.833. The number of methoxy groups -OCH3 is 1. The van der Waals surface area contributed by atoms with Crippen LogP contribution in [-0.2, 0) is 14.3 Å². The van der Waals surface area contributed by atoms with Crippen molar-refractivity contribution in [3.63, 3.8) is 0 Å². The lowest BCUT2D eigenvalue weighted by molar-refractivity contribution is -0.149. The molecule has 16 heavy (non-hydrogen) atoms. The summed E-state index contributed by atoms with van der Waals surface area (Å²) in [5.41, 5.74) is 0. The van der Waals surface area contributed by atoms with Gasteiger partial charge in [0.15, 0.2) is 0 Å². The molecule has 90 valence electrons. The zero-order valence-corrected chi connectivity index (χ0v) is 9.78. The minimum absolute atomic E-state index is 0.0189. The van der Waals surface area contributed by atoms with Gasteiger partial charge in [-0.25, -0.2) is 0 Å². The number of esters is 1. The van der Waals surface area contributed by atoms with Crippen LogP contribution in [-0.4, -0.2) is 37.0 Å². The summed E-state index contributed by atoms with van der Waals surface area (Å²) in [4.78, 5) is 25.2. The van der Waals surface area contributed by atoms with Crippen LogP contribution in [0.1, 0.15) is 32.1 Å². The number of hydrogen-bond acceptors (Lipinski definition) is 3. The Morgan fingerprint density at radius 2 is 1.62 bits per heavy atom. The highest BCUT2D eigenvalue weighted by Gasteiger charge is 2.33. The maximum absolute atomic E-state index is 11.9. The Morgan fingerprint density at radius 1 is 1.06 bits per heavy atom. The third kappa shape index (κ3) is 2.20. The highest BCUT2D eigenvalue weighted by molar-refractivity contribution is 5.80. The largest absolute Gasteiger partial charge is 0.469 e. The molecule has 0 spiro atoms. The number of carbonyl (C=O) groups is 2. The van der Waals surface area contributed by atoms with Gasteiger partial charge >= 0.3 is 5.97 Å². The number of likely N-dealkylation sites (tertiary alicyclic amines) is 1.